The number of amides is 1. The van der Waals surface area contributed by atoms with Crippen molar-refractivity contribution in [1.29, 1.82) is 0 Å². The molecule has 5 heteroatoms. The maximum atomic E-state index is 12.8. The number of carbonyl (C=O) groups is 1. The average Bonchev–Trinajstić information content (AvgIpc) is 2.93. The minimum absolute atomic E-state index is 0.120. The van der Waals surface area contributed by atoms with Gasteiger partial charge in [-0.15, -0.1) is 0 Å². The number of rotatable bonds is 3. The molecule has 1 aromatic carbocycles. The van der Waals surface area contributed by atoms with Crippen LogP contribution in [0, 0.1) is 5.82 Å². The molecule has 0 aliphatic carbocycles. The third kappa shape index (κ3) is 2.02. The molecule has 4 nitrogen and oxygen atoms in total. The molecule has 0 bridgehead atoms. The number of likely N-dealkylation sites (tertiary alicyclic amines) is 1. The molecular formula is C14H13FN2O2. The molecule has 0 unspecified atom stereocenters. The van der Waals surface area contributed by atoms with Gasteiger partial charge in [0.15, 0.2) is 0 Å². The molecule has 1 aliphatic rings. The summed E-state index contributed by atoms with van der Waals surface area (Å²) in [5, 5.41) is 0. The summed E-state index contributed by atoms with van der Waals surface area (Å²) < 4.78 is 18.2. The molecule has 1 aromatic heterocycles. The molecule has 2 atom stereocenters. The van der Waals surface area contributed by atoms with E-state index in [2.05, 4.69) is 0 Å². The highest BCUT2D eigenvalue weighted by molar-refractivity contribution is 5.89. The maximum Gasteiger partial charge on any atom is 0.243 e. The molecular weight excluding hydrogens is 247 g/mol. The highest BCUT2D eigenvalue weighted by Gasteiger charge is 2.47. The zero-order chi connectivity index (χ0) is 13.4. The molecule has 1 amide bonds. The Hall–Kier alpha value is -2.14. The molecule has 1 aliphatic heterocycles. The average molecular weight is 260 g/mol. The zero-order valence-corrected chi connectivity index (χ0v) is 10.1. The lowest BCUT2D eigenvalue weighted by Crippen LogP contribution is -2.62. The molecule has 3 rings (SSSR count). The number of furan rings is 1. The fraction of sp³-hybridized carbons (Fsp3) is 0.214. The fourth-order valence-electron chi connectivity index (χ4n) is 2.33. The Morgan fingerprint density at radius 2 is 2.00 bits per heavy atom. The molecule has 0 radical (unpaired) electrons. The van der Waals surface area contributed by atoms with Gasteiger partial charge in [0.2, 0.25) is 5.91 Å². The predicted molar refractivity (Wildman–Crippen MR) is 66.4 cm³/mol. The van der Waals surface area contributed by atoms with Gasteiger partial charge in [-0.05, 0) is 29.8 Å². The summed E-state index contributed by atoms with van der Waals surface area (Å²) in [5.74, 6) is 0.262. The second-order valence-electron chi connectivity index (χ2n) is 4.58. The number of hydrogen-bond donors (Lipinski definition) is 1. The van der Waals surface area contributed by atoms with Crippen molar-refractivity contribution in [2.45, 2.75) is 18.6 Å². The van der Waals surface area contributed by atoms with E-state index in [1.807, 2.05) is 0 Å². The fourth-order valence-corrected chi connectivity index (χ4v) is 2.33. The van der Waals surface area contributed by atoms with Crippen LogP contribution in [0.15, 0.2) is 47.1 Å². The molecule has 1 fully saturated rings. The van der Waals surface area contributed by atoms with Gasteiger partial charge in [0.05, 0.1) is 6.26 Å². The topological polar surface area (TPSA) is 59.5 Å². The van der Waals surface area contributed by atoms with Gasteiger partial charge in [-0.3, -0.25) is 4.79 Å². The van der Waals surface area contributed by atoms with E-state index in [1.54, 1.807) is 35.4 Å². The zero-order valence-electron chi connectivity index (χ0n) is 10.1. The second-order valence-corrected chi connectivity index (χ2v) is 4.58. The van der Waals surface area contributed by atoms with Crippen LogP contribution in [0.25, 0.3) is 0 Å². The van der Waals surface area contributed by atoms with Crippen molar-refractivity contribution in [1.82, 2.24) is 4.90 Å². The smallest absolute Gasteiger partial charge is 0.243 e. The normalized spacial score (nSPS) is 22.4. The summed E-state index contributed by atoms with van der Waals surface area (Å²) in [6.07, 6.45) is 1.56. The van der Waals surface area contributed by atoms with E-state index in [4.69, 9.17) is 10.2 Å². The van der Waals surface area contributed by atoms with Crippen molar-refractivity contribution < 1.29 is 13.6 Å². The van der Waals surface area contributed by atoms with Gasteiger partial charge < -0.3 is 15.1 Å². The van der Waals surface area contributed by atoms with E-state index in [9.17, 15) is 9.18 Å². The first kappa shape index (κ1) is 11.9. The Labute approximate surface area is 109 Å². The van der Waals surface area contributed by atoms with Gasteiger partial charge in [0, 0.05) is 6.54 Å². The maximum absolute atomic E-state index is 12.8. The van der Waals surface area contributed by atoms with E-state index in [1.165, 1.54) is 12.1 Å². The van der Waals surface area contributed by atoms with Crippen LogP contribution in [0.3, 0.4) is 0 Å². The van der Waals surface area contributed by atoms with Crippen molar-refractivity contribution >= 4 is 5.91 Å². The first-order valence-electron chi connectivity index (χ1n) is 6.01. The standard InChI is InChI=1S/C14H13FN2O2/c15-10-5-3-9(4-6-10)8-17-13(12(16)14(17)18)11-2-1-7-19-11/h1-7,12-13H,8,16H2/t12-,13-/m0/s1. The highest BCUT2D eigenvalue weighted by Crippen LogP contribution is 2.35. The number of β-lactam (4-membered cyclic amide) rings is 1. The molecule has 0 saturated carbocycles. The largest absolute Gasteiger partial charge is 0.467 e. The van der Waals surface area contributed by atoms with Crippen LogP contribution < -0.4 is 5.73 Å². The van der Waals surface area contributed by atoms with Crippen LogP contribution in [0.1, 0.15) is 17.4 Å². The van der Waals surface area contributed by atoms with Gasteiger partial charge in [0.1, 0.15) is 23.7 Å². The van der Waals surface area contributed by atoms with Crippen LogP contribution >= 0.6 is 0 Å². The van der Waals surface area contributed by atoms with Crippen LogP contribution in [0.2, 0.25) is 0 Å². The Bertz CT molecular complexity index is 580. The van der Waals surface area contributed by atoms with Gasteiger partial charge in [0.25, 0.3) is 0 Å². The van der Waals surface area contributed by atoms with Crippen LogP contribution in [0.5, 0.6) is 0 Å². The van der Waals surface area contributed by atoms with Crippen molar-refractivity contribution in [2.24, 2.45) is 5.73 Å². The number of halogens is 1. The molecule has 98 valence electrons. The monoisotopic (exact) mass is 260 g/mol. The SMILES string of the molecule is N[C@@H]1C(=O)N(Cc2ccc(F)cc2)[C@H]1c1ccco1. The second kappa shape index (κ2) is 4.51. The first-order valence-corrected chi connectivity index (χ1v) is 6.01. The summed E-state index contributed by atoms with van der Waals surface area (Å²) in [5.41, 5.74) is 6.67. The number of benzene rings is 1. The Kier molecular flexibility index (Phi) is 2.83. The minimum atomic E-state index is -0.563. The van der Waals surface area contributed by atoms with E-state index in [0.29, 0.717) is 12.3 Å². The quantitative estimate of drug-likeness (QED) is 0.856. The molecule has 19 heavy (non-hydrogen) atoms. The van der Waals surface area contributed by atoms with E-state index >= 15 is 0 Å². The van der Waals surface area contributed by atoms with Crippen LogP contribution in [0.4, 0.5) is 4.39 Å². The Balaban J connectivity index is 1.79. The van der Waals surface area contributed by atoms with Crippen molar-refractivity contribution in [3.05, 3.63) is 59.8 Å². The van der Waals surface area contributed by atoms with E-state index < -0.39 is 6.04 Å². The molecule has 1 saturated heterocycles. The van der Waals surface area contributed by atoms with Crippen LogP contribution in [-0.4, -0.2) is 16.8 Å². The van der Waals surface area contributed by atoms with Crippen LogP contribution in [-0.2, 0) is 11.3 Å². The van der Waals surface area contributed by atoms with Crippen molar-refractivity contribution in [3.8, 4) is 0 Å². The molecule has 0 spiro atoms. The predicted octanol–water partition coefficient (Wildman–Crippen LogP) is 1.83. The highest BCUT2D eigenvalue weighted by atomic mass is 19.1. The third-order valence-electron chi connectivity index (χ3n) is 3.35. The van der Waals surface area contributed by atoms with Crippen molar-refractivity contribution in [3.63, 3.8) is 0 Å². The molecule has 2 N–H and O–H groups in total. The summed E-state index contributed by atoms with van der Waals surface area (Å²) in [6, 6.07) is 8.83. The lowest BCUT2D eigenvalue weighted by Gasteiger charge is -2.44. The third-order valence-corrected chi connectivity index (χ3v) is 3.35. The number of hydrogen-bond acceptors (Lipinski definition) is 3. The first-order chi connectivity index (χ1) is 9.16. The summed E-state index contributed by atoms with van der Waals surface area (Å²) in [4.78, 5) is 13.5. The molecule has 2 heterocycles. The lowest BCUT2D eigenvalue weighted by atomic mass is 9.93. The summed E-state index contributed by atoms with van der Waals surface area (Å²) in [7, 11) is 0. The van der Waals surface area contributed by atoms with Gasteiger partial charge in [-0.1, -0.05) is 12.1 Å². The molecule has 2 aromatic rings. The number of nitrogens with two attached hydrogens (primary N) is 1. The van der Waals surface area contributed by atoms with E-state index in [-0.39, 0.29) is 17.8 Å². The van der Waals surface area contributed by atoms with Gasteiger partial charge in [-0.2, -0.15) is 0 Å². The summed E-state index contributed by atoms with van der Waals surface area (Å²) in [6.45, 7) is 0.401. The minimum Gasteiger partial charge on any atom is -0.467 e. The Morgan fingerprint density at radius 1 is 1.26 bits per heavy atom. The Morgan fingerprint density at radius 3 is 2.63 bits per heavy atom. The lowest BCUT2D eigenvalue weighted by molar-refractivity contribution is -0.151. The number of carbonyl (C=O) groups excluding carboxylic acids is 1. The van der Waals surface area contributed by atoms with Crippen molar-refractivity contribution in [2.75, 3.05) is 0 Å². The van der Waals surface area contributed by atoms with Gasteiger partial charge >= 0.3 is 0 Å². The van der Waals surface area contributed by atoms with Gasteiger partial charge in [-0.25, -0.2) is 4.39 Å². The number of nitrogens with zero attached hydrogens (tertiary/aromatic N) is 1. The summed E-state index contributed by atoms with van der Waals surface area (Å²) >= 11 is 0. The van der Waals surface area contributed by atoms with E-state index in [0.717, 1.165) is 5.56 Å².